The van der Waals surface area contributed by atoms with Crippen LogP contribution >= 0.6 is 0 Å². The van der Waals surface area contributed by atoms with Gasteiger partial charge in [-0.15, -0.1) is 0 Å². The molecule has 6 heteroatoms. The number of carbonyl (C=O) groups is 2. The average molecular weight is 685 g/mol. The third kappa shape index (κ3) is 5.92. The minimum Gasteiger partial charge on any atom is -0.490 e. The van der Waals surface area contributed by atoms with Gasteiger partial charge in [0.05, 0.1) is 5.41 Å². The third-order valence-electron chi connectivity index (χ3n) is 9.82. The lowest BCUT2D eigenvalue weighted by atomic mass is 9.67. The Bertz CT molecular complexity index is 2520. The molecule has 0 bridgehead atoms. The lowest BCUT2D eigenvalue weighted by Gasteiger charge is -2.34. The molecule has 1 aliphatic rings. The zero-order valence-electron chi connectivity index (χ0n) is 28.8. The van der Waals surface area contributed by atoms with Crippen LogP contribution in [-0.2, 0) is 24.5 Å². The summed E-state index contributed by atoms with van der Waals surface area (Å²) >= 11 is 0. The summed E-state index contributed by atoms with van der Waals surface area (Å²) in [7, 11) is 0. The van der Waals surface area contributed by atoms with Gasteiger partial charge in [-0.3, -0.25) is 4.79 Å². The number of hydrogen-bond donors (Lipinski definition) is 0. The molecule has 0 aliphatic heterocycles. The molecule has 1 atom stereocenters. The molecule has 8 rings (SSSR count). The van der Waals surface area contributed by atoms with E-state index in [9.17, 15) is 9.59 Å². The Kier molecular flexibility index (Phi) is 8.65. The van der Waals surface area contributed by atoms with E-state index in [-0.39, 0.29) is 32.4 Å². The topological polar surface area (TPSA) is 71.1 Å². The van der Waals surface area contributed by atoms with Gasteiger partial charge in [0.25, 0.3) is 0 Å². The minimum absolute atomic E-state index is 0.147. The van der Waals surface area contributed by atoms with Gasteiger partial charge in [0, 0.05) is 13.0 Å². The van der Waals surface area contributed by atoms with Crippen LogP contribution in [0.25, 0.3) is 43.4 Å². The largest absolute Gasteiger partial charge is 0.490 e. The number of esters is 2. The molecule has 7 aromatic carbocycles. The fourth-order valence-corrected chi connectivity index (χ4v) is 7.55. The highest BCUT2D eigenvalue weighted by molar-refractivity contribution is 5.97. The monoisotopic (exact) mass is 684 g/mol. The van der Waals surface area contributed by atoms with Gasteiger partial charge < -0.3 is 18.9 Å². The lowest BCUT2D eigenvalue weighted by Crippen LogP contribution is -2.28. The van der Waals surface area contributed by atoms with Crippen molar-refractivity contribution < 1.29 is 28.5 Å². The summed E-state index contributed by atoms with van der Waals surface area (Å²) in [5.74, 6) is 0.639. The second kappa shape index (κ2) is 13.7. The first-order valence-electron chi connectivity index (χ1n) is 17.3. The van der Waals surface area contributed by atoms with E-state index in [0.29, 0.717) is 5.75 Å². The van der Waals surface area contributed by atoms with Crippen LogP contribution in [0.1, 0.15) is 29.2 Å². The fourth-order valence-electron chi connectivity index (χ4n) is 7.55. The number of carbonyl (C=O) groups excluding carboxylic acids is 2. The maximum absolute atomic E-state index is 11.4. The predicted molar refractivity (Wildman–Crippen MR) is 205 cm³/mol. The van der Waals surface area contributed by atoms with Crippen molar-refractivity contribution >= 4 is 44.3 Å². The zero-order valence-corrected chi connectivity index (χ0v) is 28.8. The molecule has 0 aromatic heterocycles. The van der Waals surface area contributed by atoms with Gasteiger partial charge in [-0.25, -0.2) is 4.79 Å². The first-order valence-corrected chi connectivity index (χ1v) is 17.3. The molecule has 1 aliphatic carbocycles. The summed E-state index contributed by atoms with van der Waals surface area (Å²) in [6, 6.07) is 47.6. The van der Waals surface area contributed by atoms with Crippen molar-refractivity contribution in [1.29, 1.82) is 0 Å². The first-order chi connectivity index (χ1) is 25.4. The molecule has 256 valence electrons. The van der Waals surface area contributed by atoms with E-state index in [0.717, 1.165) is 38.9 Å². The molecular weight excluding hydrogens is 648 g/mol. The lowest BCUT2D eigenvalue weighted by molar-refractivity contribution is -0.141. The van der Waals surface area contributed by atoms with Crippen LogP contribution in [0.2, 0.25) is 0 Å². The van der Waals surface area contributed by atoms with Crippen molar-refractivity contribution in [3.05, 3.63) is 168 Å². The van der Waals surface area contributed by atoms with Gasteiger partial charge in [-0.2, -0.15) is 0 Å². The highest BCUT2D eigenvalue weighted by atomic mass is 16.6. The molecule has 0 N–H and O–H groups in total. The second-order valence-electron chi connectivity index (χ2n) is 12.9. The average Bonchev–Trinajstić information content (AvgIpc) is 3.46. The van der Waals surface area contributed by atoms with Gasteiger partial charge in [0.1, 0.15) is 37.9 Å². The van der Waals surface area contributed by atoms with Crippen molar-refractivity contribution in [3.63, 3.8) is 0 Å². The van der Waals surface area contributed by atoms with Crippen molar-refractivity contribution in [2.24, 2.45) is 0 Å². The molecule has 0 saturated heterocycles. The van der Waals surface area contributed by atoms with Crippen molar-refractivity contribution in [1.82, 2.24) is 0 Å². The van der Waals surface area contributed by atoms with Gasteiger partial charge in [-0.05, 0) is 114 Å². The zero-order chi connectivity index (χ0) is 35.7. The van der Waals surface area contributed by atoms with Crippen LogP contribution in [0.15, 0.2) is 146 Å². The summed E-state index contributed by atoms with van der Waals surface area (Å²) in [5, 5.41) is 6.68. The number of fused-ring (bicyclic) bond motifs is 6. The maximum Gasteiger partial charge on any atom is 0.330 e. The van der Waals surface area contributed by atoms with E-state index in [1.807, 2.05) is 24.3 Å². The fraction of sp³-hybridized carbons (Fsp3) is 0.130. The second-order valence-corrected chi connectivity index (χ2v) is 12.9. The number of ether oxygens (including phenoxy) is 4. The Morgan fingerprint density at radius 3 is 1.67 bits per heavy atom. The van der Waals surface area contributed by atoms with Crippen LogP contribution in [0.4, 0.5) is 0 Å². The molecule has 0 amide bonds. The maximum atomic E-state index is 11.4. The van der Waals surface area contributed by atoms with Gasteiger partial charge >= 0.3 is 11.9 Å². The Morgan fingerprint density at radius 2 is 1.06 bits per heavy atom. The van der Waals surface area contributed by atoms with Gasteiger partial charge in [0.15, 0.2) is 0 Å². The normalized spacial score (nSPS) is 14.5. The summed E-state index contributed by atoms with van der Waals surface area (Å²) < 4.78 is 21.9. The Balaban J connectivity index is 1.26. The molecule has 0 saturated carbocycles. The molecule has 0 heterocycles. The first kappa shape index (κ1) is 32.8. The van der Waals surface area contributed by atoms with Crippen LogP contribution in [0.3, 0.4) is 0 Å². The number of hydrogen-bond acceptors (Lipinski definition) is 6. The third-order valence-corrected chi connectivity index (χ3v) is 9.82. The molecule has 0 spiro atoms. The van der Waals surface area contributed by atoms with Crippen molar-refractivity contribution in [3.8, 4) is 22.6 Å². The number of rotatable bonds is 11. The molecule has 52 heavy (non-hydrogen) atoms. The SMILES string of the molecule is C=CC(=O)OCCOc1ccc2cc(C3(c4ccc5cc(OCCOC(C)=O)ccc5c4)c4ccccc4-c4cc5ccccc5cc43)ccc2c1. The summed E-state index contributed by atoms with van der Waals surface area (Å²) in [6.45, 7) is 5.71. The number of benzene rings is 7. The van der Waals surface area contributed by atoms with E-state index in [1.54, 1.807) is 0 Å². The van der Waals surface area contributed by atoms with Crippen molar-refractivity contribution in [2.75, 3.05) is 26.4 Å². The summed E-state index contributed by atoms with van der Waals surface area (Å²) in [6.07, 6.45) is 1.14. The van der Waals surface area contributed by atoms with Gasteiger partial charge in [-0.1, -0.05) is 91.5 Å². The Labute approximate surface area is 301 Å². The molecule has 6 nitrogen and oxygen atoms in total. The van der Waals surface area contributed by atoms with E-state index >= 15 is 0 Å². The summed E-state index contributed by atoms with van der Waals surface area (Å²) in [5.41, 5.74) is 6.65. The molecule has 7 aromatic rings. The van der Waals surface area contributed by atoms with Crippen LogP contribution < -0.4 is 9.47 Å². The minimum atomic E-state index is -0.609. The van der Waals surface area contributed by atoms with Crippen LogP contribution in [0.5, 0.6) is 11.5 Å². The molecule has 1 unspecified atom stereocenters. The van der Waals surface area contributed by atoms with Crippen LogP contribution in [0, 0.1) is 0 Å². The predicted octanol–water partition coefficient (Wildman–Crippen LogP) is 9.56. The summed E-state index contributed by atoms with van der Waals surface area (Å²) in [4.78, 5) is 22.6. The Morgan fingerprint density at radius 1 is 0.538 bits per heavy atom. The highest BCUT2D eigenvalue weighted by Crippen LogP contribution is 2.57. The van der Waals surface area contributed by atoms with E-state index in [1.165, 1.54) is 45.5 Å². The smallest absolute Gasteiger partial charge is 0.330 e. The Hall–Kier alpha value is -6.40. The standard InChI is InChI=1S/C46H36O6/c1-3-45(48)52-23-22-51-40-19-15-34-25-38(17-13-36(34)27-40)46(37-16-12-35-26-39(18-14-33(35)24-37)50-21-20-49-30(2)47)43-11-7-6-10-41(43)42-28-31-8-4-5-9-32(31)29-44(42)46/h3-19,24-29H,1,20-23H2,2H3. The van der Waals surface area contributed by atoms with E-state index in [2.05, 4.69) is 116 Å². The van der Waals surface area contributed by atoms with Crippen LogP contribution in [-0.4, -0.2) is 38.4 Å². The van der Waals surface area contributed by atoms with E-state index in [4.69, 9.17) is 18.9 Å². The van der Waals surface area contributed by atoms with E-state index < -0.39 is 11.4 Å². The van der Waals surface area contributed by atoms with Gasteiger partial charge in [0.2, 0.25) is 0 Å². The molecule has 0 radical (unpaired) electrons. The molecule has 0 fully saturated rings. The highest BCUT2D eigenvalue weighted by Gasteiger charge is 2.46. The van der Waals surface area contributed by atoms with Crippen molar-refractivity contribution in [2.45, 2.75) is 12.3 Å². The molecular formula is C46H36O6. The quantitative estimate of drug-likeness (QED) is 0.0768.